The van der Waals surface area contributed by atoms with E-state index in [9.17, 15) is 25.2 Å². The number of aliphatic hydroxyl groups excluding tert-OH is 3. The van der Waals surface area contributed by atoms with Gasteiger partial charge >= 0.3 is 5.97 Å². The number of rotatable bonds is 8. The third-order valence-corrected chi connectivity index (χ3v) is 17.4. The standard InChI is InChI=1S/C45H71NO12/c1-24-22-46(29-7-6-8-29)16-13-38(53-24)57-41-25(2)55-40(21-35(41)48)58-42-26(3)54-39(20-34(42)47)56-30-11-14-43(4)28(18-30)9-10-32-33(43)19-36(49)44(5)31(12-15-45(32,44)51)27-17-37(50)52-23-27/h17,24-26,28-36,38-42,47-49,51H,6-16,18-23H2,1-5H3/t24?,25-,26-,28?,30-,31+,32?,33?,34-,35-,36-,38?,39-,40-,41+,42+,43-,44-,45-/m0/s1. The fourth-order valence-electron chi connectivity index (χ4n) is 13.9. The minimum Gasteiger partial charge on any atom is -0.458 e. The van der Waals surface area contributed by atoms with Gasteiger partial charge in [-0.3, -0.25) is 4.90 Å². The highest BCUT2D eigenvalue weighted by Crippen LogP contribution is 2.70. The van der Waals surface area contributed by atoms with Crippen LogP contribution >= 0.6 is 0 Å². The molecule has 13 heteroatoms. The minimum atomic E-state index is -0.997. The summed E-state index contributed by atoms with van der Waals surface area (Å²) in [5, 5.41) is 47.1. The van der Waals surface area contributed by atoms with Crippen molar-refractivity contribution in [3.05, 3.63) is 11.6 Å². The molecule has 9 aliphatic rings. The molecule has 4 heterocycles. The number of hydrogen-bond acceptors (Lipinski definition) is 13. The highest BCUT2D eigenvalue weighted by molar-refractivity contribution is 5.85. The van der Waals surface area contributed by atoms with E-state index in [1.54, 1.807) is 6.08 Å². The van der Waals surface area contributed by atoms with Gasteiger partial charge in [0, 0.05) is 49.9 Å². The Balaban J connectivity index is 0.760. The van der Waals surface area contributed by atoms with E-state index in [2.05, 4.69) is 25.7 Å². The largest absolute Gasteiger partial charge is 0.458 e. The second-order valence-electron chi connectivity index (χ2n) is 20.5. The molecule has 9 rings (SSSR count). The van der Waals surface area contributed by atoms with Gasteiger partial charge in [-0.2, -0.15) is 0 Å². The second kappa shape index (κ2) is 16.2. The molecule has 8 fully saturated rings. The van der Waals surface area contributed by atoms with Crippen molar-refractivity contribution >= 4 is 5.97 Å². The molecule has 0 bridgehead atoms. The Morgan fingerprint density at radius 3 is 2.09 bits per heavy atom. The zero-order valence-electron chi connectivity index (χ0n) is 35.4. The van der Waals surface area contributed by atoms with Crippen LogP contribution in [0.3, 0.4) is 0 Å². The Morgan fingerprint density at radius 2 is 1.45 bits per heavy atom. The third-order valence-electron chi connectivity index (χ3n) is 17.4. The number of hydrogen-bond donors (Lipinski definition) is 4. The van der Waals surface area contributed by atoms with Crippen molar-refractivity contribution in [3.8, 4) is 0 Å². The quantitative estimate of drug-likeness (QED) is 0.202. The van der Waals surface area contributed by atoms with E-state index in [-0.39, 0.29) is 60.8 Å². The van der Waals surface area contributed by atoms with Crippen molar-refractivity contribution in [2.45, 2.75) is 210 Å². The predicted molar refractivity (Wildman–Crippen MR) is 210 cm³/mol. The highest BCUT2D eigenvalue weighted by atomic mass is 16.7. The highest BCUT2D eigenvalue weighted by Gasteiger charge is 2.71. The maximum absolute atomic E-state index is 12.6. The number of fused-ring (bicyclic) bond motifs is 5. The number of carbonyl (C=O) groups excluding carboxylic acids is 1. The van der Waals surface area contributed by atoms with Gasteiger partial charge in [0.25, 0.3) is 0 Å². The van der Waals surface area contributed by atoms with E-state index in [0.717, 1.165) is 63.6 Å². The Bertz CT molecular complexity index is 1500. The monoisotopic (exact) mass is 817 g/mol. The first-order valence-corrected chi connectivity index (χ1v) is 23.0. The summed E-state index contributed by atoms with van der Waals surface area (Å²) < 4.78 is 43.4. The lowest BCUT2D eigenvalue weighted by Gasteiger charge is -2.65. The fraction of sp³-hybridized carbons (Fsp3) is 0.933. The van der Waals surface area contributed by atoms with Crippen LogP contribution in [-0.2, 0) is 38.0 Å². The van der Waals surface area contributed by atoms with E-state index in [1.165, 1.54) is 19.3 Å². The van der Waals surface area contributed by atoms with Crippen LogP contribution in [0, 0.1) is 34.5 Å². The van der Waals surface area contributed by atoms with Gasteiger partial charge in [0.2, 0.25) is 0 Å². The van der Waals surface area contributed by atoms with Crippen molar-refractivity contribution in [2.75, 3.05) is 19.7 Å². The molecule has 5 unspecified atom stereocenters. The van der Waals surface area contributed by atoms with Crippen LogP contribution in [0.25, 0.3) is 0 Å². The van der Waals surface area contributed by atoms with Crippen LogP contribution in [0.5, 0.6) is 0 Å². The van der Waals surface area contributed by atoms with E-state index >= 15 is 0 Å². The zero-order valence-corrected chi connectivity index (χ0v) is 35.4. The van der Waals surface area contributed by atoms with Gasteiger partial charge in [-0.1, -0.05) is 20.3 Å². The maximum Gasteiger partial charge on any atom is 0.331 e. The SMILES string of the molecule is CC1CN(C2CCC2)CCC(O[C@@H]2[C@H](C)O[C@@H](O[C@@H]3[C@H](C)O[C@@H](O[C@H]4CC[C@@]5(C)C(CCC6C5C[C@H](O)[C@]5(C)[C@@H](C7=CC(=O)OC7)CC[C@]65O)C4)C[C@@H]3O)C[C@@H]2O)O1. The molecule has 13 nitrogen and oxygen atoms in total. The third kappa shape index (κ3) is 7.35. The molecule has 5 saturated carbocycles. The fourth-order valence-corrected chi connectivity index (χ4v) is 13.9. The molecule has 0 amide bonds. The van der Waals surface area contributed by atoms with Crippen molar-refractivity contribution < 1.29 is 58.4 Å². The first-order chi connectivity index (χ1) is 27.7. The normalized spacial score (nSPS) is 52.8. The molecular weight excluding hydrogens is 746 g/mol. The summed E-state index contributed by atoms with van der Waals surface area (Å²) in [6.07, 6.45) is 7.17. The number of cyclic esters (lactones) is 1. The average molecular weight is 818 g/mol. The van der Waals surface area contributed by atoms with Crippen LogP contribution in [0.1, 0.15) is 125 Å². The molecule has 5 aliphatic carbocycles. The smallest absolute Gasteiger partial charge is 0.331 e. The van der Waals surface area contributed by atoms with Crippen LogP contribution in [0.4, 0.5) is 0 Å². The number of carbonyl (C=O) groups is 1. The van der Waals surface area contributed by atoms with E-state index in [4.69, 9.17) is 33.2 Å². The van der Waals surface area contributed by atoms with Crippen LogP contribution in [0.2, 0.25) is 0 Å². The summed E-state index contributed by atoms with van der Waals surface area (Å²) in [7, 11) is 0. The van der Waals surface area contributed by atoms with Crippen molar-refractivity contribution in [1.29, 1.82) is 0 Å². The van der Waals surface area contributed by atoms with Gasteiger partial charge in [-0.15, -0.1) is 0 Å². The first kappa shape index (κ1) is 42.1. The molecule has 58 heavy (non-hydrogen) atoms. The number of esters is 1. The summed E-state index contributed by atoms with van der Waals surface area (Å²) in [4.78, 5) is 14.5. The van der Waals surface area contributed by atoms with E-state index in [1.807, 2.05) is 13.8 Å². The zero-order chi connectivity index (χ0) is 40.7. The molecular formula is C45H71NO12. The maximum atomic E-state index is 12.6. The van der Waals surface area contributed by atoms with Crippen LogP contribution in [0.15, 0.2) is 11.6 Å². The topological polar surface area (TPSA) is 166 Å². The van der Waals surface area contributed by atoms with E-state index < -0.39 is 72.6 Å². The van der Waals surface area contributed by atoms with Gasteiger partial charge in [0.15, 0.2) is 18.9 Å². The molecule has 4 N–H and O–H groups in total. The Labute approximate surface area is 344 Å². The molecule has 0 aromatic heterocycles. The van der Waals surface area contributed by atoms with Crippen LogP contribution < -0.4 is 0 Å². The van der Waals surface area contributed by atoms with E-state index in [0.29, 0.717) is 24.8 Å². The molecule has 4 aliphatic heterocycles. The second-order valence-corrected chi connectivity index (χ2v) is 20.5. The number of ether oxygens (including phenoxy) is 7. The lowest BCUT2D eigenvalue weighted by molar-refractivity contribution is -0.329. The summed E-state index contributed by atoms with van der Waals surface area (Å²) in [5.74, 6) is 0.287. The molecule has 0 spiro atoms. The van der Waals surface area contributed by atoms with Gasteiger partial charge in [0.05, 0.1) is 48.3 Å². The molecule has 3 saturated heterocycles. The predicted octanol–water partition coefficient (Wildman–Crippen LogP) is 4.35. The van der Waals surface area contributed by atoms with Gasteiger partial charge < -0.3 is 53.6 Å². The Kier molecular flexibility index (Phi) is 11.7. The summed E-state index contributed by atoms with van der Waals surface area (Å²) >= 11 is 0. The molecule has 328 valence electrons. The first-order valence-electron chi connectivity index (χ1n) is 23.0. The number of nitrogens with zero attached hydrogens (tertiary/aromatic N) is 1. The lowest BCUT2D eigenvalue weighted by atomic mass is 9.42. The Morgan fingerprint density at radius 1 is 0.759 bits per heavy atom. The van der Waals surface area contributed by atoms with Gasteiger partial charge in [-0.25, -0.2) is 4.79 Å². The molecule has 0 aromatic carbocycles. The molecule has 0 radical (unpaired) electrons. The number of aliphatic hydroxyl groups is 4. The minimum absolute atomic E-state index is 0.0163. The summed E-state index contributed by atoms with van der Waals surface area (Å²) in [6.45, 7) is 12.4. The lowest BCUT2D eigenvalue weighted by Crippen LogP contribution is -2.67. The molecule has 0 aromatic rings. The Hall–Kier alpha value is -1.23. The summed E-state index contributed by atoms with van der Waals surface area (Å²) in [6, 6.07) is 0.651. The van der Waals surface area contributed by atoms with Gasteiger partial charge in [0.1, 0.15) is 18.8 Å². The van der Waals surface area contributed by atoms with Crippen molar-refractivity contribution in [1.82, 2.24) is 4.90 Å². The van der Waals surface area contributed by atoms with Crippen LogP contribution in [-0.4, -0.2) is 136 Å². The van der Waals surface area contributed by atoms with Gasteiger partial charge in [-0.05, 0) is 120 Å². The molecule has 19 atom stereocenters. The van der Waals surface area contributed by atoms with Crippen molar-refractivity contribution in [3.63, 3.8) is 0 Å². The van der Waals surface area contributed by atoms with Crippen molar-refractivity contribution in [2.24, 2.45) is 34.5 Å². The summed E-state index contributed by atoms with van der Waals surface area (Å²) in [5.41, 5.74) is -0.829. The average Bonchev–Trinajstić information content (AvgIpc) is 3.63.